The molecule has 1 fully saturated rings. The summed E-state index contributed by atoms with van der Waals surface area (Å²) in [6.45, 7) is 4.19. The average Bonchev–Trinajstić information content (AvgIpc) is 3.02. The highest BCUT2D eigenvalue weighted by Crippen LogP contribution is 2.48. The van der Waals surface area contributed by atoms with Crippen molar-refractivity contribution in [3.63, 3.8) is 0 Å². The number of aromatic nitrogens is 1. The van der Waals surface area contributed by atoms with Crippen LogP contribution in [0.1, 0.15) is 31.7 Å². The van der Waals surface area contributed by atoms with E-state index >= 15 is 0 Å². The Hall–Kier alpha value is -1.70. The highest BCUT2D eigenvalue weighted by atomic mass is 32.2. The summed E-state index contributed by atoms with van der Waals surface area (Å²) in [6, 6.07) is 10.2. The zero-order chi connectivity index (χ0) is 18.1. The van der Waals surface area contributed by atoms with Crippen LogP contribution in [0.15, 0.2) is 45.8 Å². The van der Waals surface area contributed by atoms with Crippen molar-refractivity contribution in [2.75, 3.05) is 6.61 Å². The lowest BCUT2D eigenvalue weighted by molar-refractivity contribution is 0.0270. The molecular formula is C18H24N2O4S. The molecule has 1 aromatic carbocycles. The molecule has 2 N–H and O–H groups in total. The monoisotopic (exact) mass is 364 g/mol. The van der Waals surface area contributed by atoms with Crippen LogP contribution in [0, 0.1) is 11.3 Å². The molecule has 0 spiro atoms. The zero-order valence-electron chi connectivity index (χ0n) is 14.5. The van der Waals surface area contributed by atoms with Gasteiger partial charge in [-0.15, -0.1) is 0 Å². The van der Waals surface area contributed by atoms with Crippen LogP contribution in [0.2, 0.25) is 0 Å². The van der Waals surface area contributed by atoms with E-state index in [2.05, 4.69) is 23.7 Å². The Morgan fingerprint density at radius 3 is 2.68 bits per heavy atom. The Balaban J connectivity index is 1.63. The summed E-state index contributed by atoms with van der Waals surface area (Å²) in [5.41, 5.74) is 0.684. The van der Waals surface area contributed by atoms with Gasteiger partial charge in [0, 0.05) is 18.5 Å². The number of aliphatic hydroxyl groups excluding tert-OH is 1. The predicted molar refractivity (Wildman–Crippen MR) is 93.4 cm³/mol. The van der Waals surface area contributed by atoms with E-state index in [-0.39, 0.29) is 18.1 Å². The molecule has 1 heterocycles. The highest BCUT2D eigenvalue weighted by Gasteiger charge is 2.49. The maximum atomic E-state index is 12.5. The van der Waals surface area contributed by atoms with Crippen LogP contribution in [-0.2, 0) is 22.9 Å². The van der Waals surface area contributed by atoms with Crippen LogP contribution in [0.3, 0.4) is 0 Å². The van der Waals surface area contributed by atoms with Crippen molar-refractivity contribution in [1.82, 2.24) is 9.88 Å². The summed E-state index contributed by atoms with van der Waals surface area (Å²) < 4.78 is 33.0. The fourth-order valence-electron chi connectivity index (χ4n) is 3.35. The van der Waals surface area contributed by atoms with E-state index in [9.17, 15) is 8.42 Å². The molecule has 136 valence electrons. The molecule has 2 aromatic rings. The van der Waals surface area contributed by atoms with Crippen molar-refractivity contribution in [2.24, 2.45) is 11.3 Å². The van der Waals surface area contributed by atoms with Gasteiger partial charge < -0.3 is 9.63 Å². The van der Waals surface area contributed by atoms with E-state index in [4.69, 9.17) is 9.63 Å². The quantitative estimate of drug-likeness (QED) is 0.785. The van der Waals surface area contributed by atoms with Gasteiger partial charge in [-0.3, -0.25) is 0 Å². The molecule has 3 rings (SSSR count). The van der Waals surface area contributed by atoms with Crippen LogP contribution in [0.4, 0.5) is 0 Å². The number of hydrogen-bond acceptors (Lipinski definition) is 5. The smallest absolute Gasteiger partial charge is 0.240 e. The van der Waals surface area contributed by atoms with E-state index < -0.39 is 10.0 Å². The van der Waals surface area contributed by atoms with Crippen LogP contribution in [-0.4, -0.2) is 31.3 Å². The summed E-state index contributed by atoms with van der Waals surface area (Å²) in [4.78, 5) is 0.291. The lowest BCUT2D eigenvalue weighted by Gasteiger charge is -2.52. The van der Waals surface area contributed by atoms with Gasteiger partial charge in [0.2, 0.25) is 10.0 Å². The Labute approximate surface area is 148 Å². The zero-order valence-corrected chi connectivity index (χ0v) is 15.3. The summed E-state index contributed by atoms with van der Waals surface area (Å²) in [5, 5.41) is 13.0. The number of nitrogens with zero attached hydrogens (tertiary/aromatic N) is 1. The third kappa shape index (κ3) is 3.78. The number of hydrogen-bond donors (Lipinski definition) is 2. The van der Waals surface area contributed by atoms with Gasteiger partial charge in [0.15, 0.2) is 0 Å². The van der Waals surface area contributed by atoms with Crippen molar-refractivity contribution in [2.45, 2.75) is 44.0 Å². The Morgan fingerprint density at radius 2 is 2.04 bits per heavy atom. The first kappa shape index (κ1) is 18.1. The van der Waals surface area contributed by atoms with E-state index in [1.165, 1.54) is 0 Å². The van der Waals surface area contributed by atoms with Crippen molar-refractivity contribution >= 4 is 10.0 Å². The second-order valence-corrected chi connectivity index (χ2v) is 8.92. The molecule has 2 unspecified atom stereocenters. The predicted octanol–water partition coefficient (Wildman–Crippen LogP) is 2.15. The molecule has 7 heteroatoms. The fourth-order valence-corrected chi connectivity index (χ4v) is 4.78. The minimum atomic E-state index is -3.50. The van der Waals surface area contributed by atoms with Crippen LogP contribution < -0.4 is 4.72 Å². The van der Waals surface area contributed by atoms with E-state index in [1.807, 2.05) is 6.07 Å². The van der Waals surface area contributed by atoms with Crippen LogP contribution >= 0.6 is 0 Å². The molecule has 1 aliphatic carbocycles. The molecule has 1 aromatic heterocycles. The Bertz CT molecular complexity index is 815. The number of sulfonamides is 1. The topological polar surface area (TPSA) is 92.4 Å². The Morgan fingerprint density at radius 1 is 1.32 bits per heavy atom. The third-order valence-corrected chi connectivity index (χ3v) is 6.73. The first-order chi connectivity index (χ1) is 11.8. The van der Waals surface area contributed by atoms with Gasteiger partial charge in [0.05, 0.1) is 17.2 Å². The first-order valence-electron chi connectivity index (χ1n) is 8.45. The lowest BCUT2D eigenvalue weighted by atomic mass is 9.57. The Kier molecular flexibility index (Phi) is 4.99. The largest absolute Gasteiger partial charge is 0.396 e. The van der Waals surface area contributed by atoms with Crippen LogP contribution in [0.25, 0.3) is 0 Å². The van der Waals surface area contributed by atoms with Gasteiger partial charge >= 0.3 is 0 Å². The molecule has 0 amide bonds. The fraction of sp³-hybridized carbons (Fsp3) is 0.500. The van der Waals surface area contributed by atoms with Crippen molar-refractivity contribution in [3.05, 3.63) is 47.9 Å². The summed E-state index contributed by atoms with van der Waals surface area (Å²) in [6.07, 6.45) is 1.97. The second kappa shape index (κ2) is 6.90. The van der Waals surface area contributed by atoms with E-state index in [0.29, 0.717) is 23.0 Å². The molecular weight excluding hydrogens is 340 g/mol. The average molecular weight is 364 g/mol. The minimum Gasteiger partial charge on any atom is -0.396 e. The van der Waals surface area contributed by atoms with Crippen LogP contribution in [0.5, 0.6) is 0 Å². The van der Waals surface area contributed by atoms with Crippen molar-refractivity contribution < 1.29 is 18.0 Å². The maximum absolute atomic E-state index is 12.5. The molecule has 0 radical (unpaired) electrons. The van der Waals surface area contributed by atoms with Gasteiger partial charge in [-0.05, 0) is 36.3 Å². The SMILES string of the molecule is CC1(C)C(Cc2cc(CCO)on2)CC1NS(=O)(=O)c1ccccc1. The molecule has 0 saturated heterocycles. The molecule has 1 aliphatic rings. The summed E-state index contributed by atoms with van der Waals surface area (Å²) in [5.74, 6) is 0.999. The normalized spacial score (nSPS) is 22.5. The number of nitrogens with one attached hydrogen (secondary N) is 1. The molecule has 6 nitrogen and oxygen atoms in total. The number of rotatable bonds is 7. The summed E-state index contributed by atoms with van der Waals surface area (Å²) in [7, 11) is -3.50. The van der Waals surface area contributed by atoms with E-state index in [1.54, 1.807) is 30.3 Å². The van der Waals surface area contributed by atoms with Gasteiger partial charge in [0.25, 0.3) is 0 Å². The van der Waals surface area contributed by atoms with Gasteiger partial charge in [-0.1, -0.05) is 37.2 Å². The first-order valence-corrected chi connectivity index (χ1v) is 9.94. The standard InChI is InChI=1S/C18H24N2O4S/c1-18(2)13(10-14-12-15(8-9-21)24-19-14)11-17(18)20-25(22,23)16-6-4-3-5-7-16/h3-7,12-13,17,20-21H,8-11H2,1-2H3. The van der Waals surface area contributed by atoms with Gasteiger partial charge in [0.1, 0.15) is 5.76 Å². The molecule has 2 atom stereocenters. The van der Waals surface area contributed by atoms with Gasteiger partial charge in [-0.2, -0.15) is 0 Å². The van der Waals surface area contributed by atoms with Gasteiger partial charge in [-0.25, -0.2) is 13.1 Å². The highest BCUT2D eigenvalue weighted by molar-refractivity contribution is 7.89. The lowest BCUT2D eigenvalue weighted by Crippen LogP contribution is -2.58. The van der Waals surface area contributed by atoms with Crippen molar-refractivity contribution in [1.29, 1.82) is 0 Å². The minimum absolute atomic E-state index is 0.0346. The molecule has 25 heavy (non-hydrogen) atoms. The van der Waals surface area contributed by atoms with Crippen molar-refractivity contribution in [3.8, 4) is 0 Å². The molecule has 0 aliphatic heterocycles. The summed E-state index contributed by atoms with van der Waals surface area (Å²) >= 11 is 0. The number of benzene rings is 1. The molecule has 1 saturated carbocycles. The molecule has 0 bridgehead atoms. The van der Waals surface area contributed by atoms with E-state index in [0.717, 1.165) is 18.5 Å². The third-order valence-electron chi connectivity index (χ3n) is 5.24. The number of aliphatic hydroxyl groups is 1. The maximum Gasteiger partial charge on any atom is 0.240 e. The second-order valence-electron chi connectivity index (χ2n) is 7.20.